The Labute approximate surface area is 121 Å². The molecule has 98 valence electrons. The number of nitrogen functional groups attached to an aromatic ring is 1. The molecule has 0 radical (unpaired) electrons. The average Bonchev–Trinajstić information content (AvgIpc) is 2.37. The molecule has 2 aromatic rings. The predicted molar refractivity (Wildman–Crippen MR) is 78.3 cm³/mol. The second kappa shape index (κ2) is 5.95. The minimum atomic E-state index is -0.114. The van der Waals surface area contributed by atoms with Crippen LogP contribution in [0.4, 0.5) is 0 Å². The summed E-state index contributed by atoms with van der Waals surface area (Å²) in [7, 11) is 0. The number of halogens is 2. The highest BCUT2D eigenvalue weighted by atomic mass is 35.5. The van der Waals surface area contributed by atoms with Gasteiger partial charge in [-0.15, -0.1) is 0 Å². The maximum Gasteiger partial charge on any atom is 0.132 e. The van der Waals surface area contributed by atoms with Crippen LogP contribution in [0.2, 0.25) is 10.0 Å². The minimum absolute atomic E-state index is 0.114. The second-order valence-electron chi connectivity index (χ2n) is 3.94. The van der Waals surface area contributed by atoms with Gasteiger partial charge in [-0.2, -0.15) is 0 Å². The summed E-state index contributed by atoms with van der Waals surface area (Å²) in [6, 6.07) is 12.5. The summed E-state index contributed by atoms with van der Waals surface area (Å²) in [6.07, 6.45) is 0. The van der Waals surface area contributed by atoms with Crippen molar-refractivity contribution in [2.24, 2.45) is 5.73 Å². The standard InChI is InChI=1S/C14H12Cl2N2O/c15-10-6-4-9(5-7-10)8-19-12-3-1-2-11(16)13(12)14(17)18/h1-7H,8H2,(H3,17,18). The molecule has 0 aromatic heterocycles. The number of nitrogens with one attached hydrogen (secondary N) is 1. The molecule has 3 nitrogen and oxygen atoms in total. The summed E-state index contributed by atoms with van der Waals surface area (Å²) in [5, 5.41) is 8.60. The SMILES string of the molecule is N=C(N)c1c(Cl)cccc1OCc1ccc(Cl)cc1. The zero-order valence-corrected chi connectivity index (χ0v) is 11.5. The molecule has 0 unspecified atom stereocenters. The third-order valence-corrected chi connectivity index (χ3v) is 3.12. The van der Waals surface area contributed by atoms with E-state index in [1.807, 2.05) is 12.1 Å². The third-order valence-electron chi connectivity index (χ3n) is 2.55. The fraction of sp³-hybridized carbons (Fsp3) is 0.0714. The van der Waals surface area contributed by atoms with Crippen molar-refractivity contribution in [2.75, 3.05) is 0 Å². The van der Waals surface area contributed by atoms with Crippen LogP contribution >= 0.6 is 23.2 Å². The van der Waals surface area contributed by atoms with E-state index in [2.05, 4.69) is 0 Å². The largest absolute Gasteiger partial charge is 0.488 e. The fourth-order valence-electron chi connectivity index (χ4n) is 1.63. The van der Waals surface area contributed by atoms with E-state index < -0.39 is 0 Å². The van der Waals surface area contributed by atoms with E-state index >= 15 is 0 Å². The van der Waals surface area contributed by atoms with Gasteiger partial charge < -0.3 is 10.5 Å². The van der Waals surface area contributed by atoms with Crippen molar-refractivity contribution in [2.45, 2.75) is 6.61 Å². The molecular formula is C14H12Cl2N2O. The van der Waals surface area contributed by atoms with E-state index in [0.29, 0.717) is 28.0 Å². The van der Waals surface area contributed by atoms with Gasteiger partial charge in [0.15, 0.2) is 0 Å². The molecule has 2 rings (SSSR count). The number of nitrogens with two attached hydrogens (primary N) is 1. The minimum Gasteiger partial charge on any atom is -0.488 e. The first-order chi connectivity index (χ1) is 9.08. The van der Waals surface area contributed by atoms with Gasteiger partial charge in [-0.1, -0.05) is 41.4 Å². The Hall–Kier alpha value is -1.71. The molecule has 0 spiro atoms. The summed E-state index contributed by atoms with van der Waals surface area (Å²) in [4.78, 5) is 0. The van der Waals surface area contributed by atoms with Crippen molar-refractivity contribution in [1.29, 1.82) is 5.41 Å². The molecule has 0 aliphatic carbocycles. The van der Waals surface area contributed by atoms with E-state index in [1.54, 1.807) is 30.3 Å². The quantitative estimate of drug-likeness (QED) is 0.664. The highest BCUT2D eigenvalue weighted by Crippen LogP contribution is 2.26. The van der Waals surface area contributed by atoms with Gasteiger partial charge in [-0.3, -0.25) is 5.41 Å². The van der Waals surface area contributed by atoms with Crippen molar-refractivity contribution in [3.05, 3.63) is 63.6 Å². The van der Waals surface area contributed by atoms with Gasteiger partial charge in [-0.25, -0.2) is 0 Å². The van der Waals surface area contributed by atoms with Crippen molar-refractivity contribution >= 4 is 29.0 Å². The molecule has 0 aliphatic heterocycles. The van der Waals surface area contributed by atoms with Crippen LogP contribution in [0.1, 0.15) is 11.1 Å². The van der Waals surface area contributed by atoms with Crippen molar-refractivity contribution in [1.82, 2.24) is 0 Å². The molecular weight excluding hydrogens is 283 g/mol. The van der Waals surface area contributed by atoms with Crippen LogP contribution in [0.3, 0.4) is 0 Å². The van der Waals surface area contributed by atoms with E-state index in [4.69, 9.17) is 39.1 Å². The number of rotatable bonds is 4. The lowest BCUT2D eigenvalue weighted by Crippen LogP contribution is -2.13. The summed E-state index contributed by atoms with van der Waals surface area (Å²) < 4.78 is 5.66. The van der Waals surface area contributed by atoms with Gasteiger partial charge in [0.25, 0.3) is 0 Å². The van der Waals surface area contributed by atoms with E-state index in [-0.39, 0.29) is 5.84 Å². The van der Waals surface area contributed by atoms with Gasteiger partial charge in [0.05, 0.1) is 10.6 Å². The predicted octanol–water partition coefficient (Wildman–Crippen LogP) is 3.86. The zero-order chi connectivity index (χ0) is 13.8. The number of hydrogen-bond acceptors (Lipinski definition) is 2. The fourth-order valence-corrected chi connectivity index (χ4v) is 2.02. The van der Waals surface area contributed by atoms with Crippen LogP contribution in [0, 0.1) is 5.41 Å². The molecule has 0 heterocycles. The van der Waals surface area contributed by atoms with Crippen LogP contribution < -0.4 is 10.5 Å². The summed E-state index contributed by atoms with van der Waals surface area (Å²) in [6.45, 7) is 0.359. The summed E-state index contributed by atoms with van der Waals surface area (Å²) in [5.74, 6) is 0.381. The number of ether oxygens (including phenoxy) is 1. The first-order valence-corrected chi connectivity index (χ1v) is 6.33. The smallest absolute Gasteiger partial charge is 0.132 e. The van der Waals surface area contributed by atoms with Gasteiger partial charge in [-0.05, 0) is 29.8 Å². The molecule has 0 saturated heterocycles. The van der Waals surface area contributed by atoms with Crippen LogP contribution in [-0.2, 0) is 6.61 Å². The van der Waals surface area contributed by atoms with Gasteiger partial charge in [0.1, 0.15) is 18.2 Å². The van der Waals surface area contributed by atoms with Crippen molar-refractivity contribution in [3.8, 4) is 5.75 Å². The highest BCUT2D eigenvalue weighted by Gasteiger charge is 2.11. The van der Waals surface area contributed by atoms with E-state index in [0.717, 1.165) is 5.56 Å². The molecule has 0 fully saturated rings. The van der Waals surface area contributed by atoms with Crippen LogP contribution in [0.5, 0.6) is 5.75 Å². The molecule has 3 N–H and O–H groups in total. The lowest BCUT2D eigenvalue weighted by Gasteiger charge is -2.12. The lowest BCUT2D eigenvalue weighted by atomic mass is 10.2. The van der Waals surface area contributed by atoms with Crippen LogP contribution in [0.15, 0.2) is 42.5 Å². The van der Waals surface area contributed by atoms with E-state index in [9.17, 15) is 0 Å². The van der Waals surface area contributed by atoms with Crippen LogP contribution in [0.25, 0.3) is 0 Å². The summed E-state index contributed by atoms with van der Waals surface area (Å²) in [5.41, 5.74) is 6.89. The number of benzene rings is 2. The monoisotopic (exact) mass is 294 g/mol. The molecule has 19 heavy (non-hydrogen) atoms. The topological polar surface area (TPSA) is 59.1 Å². The molecule has 0 bridgehead atoms. The Morgan fingerprint density at radius 3 is 2.42 bits per heavy atom. The second-order valence-corrected chi connectivity index (χ2v) is 4.79. The first-order valence-electron chi connectivity index (χ1n) is 5.58. The average molecular weight is 295 g/mol. The normalized spacial score (nSPS) is 10.2. The van der Waals surface area contributed by atoms with Crippen molar-refractivity contribution < 1.29 is 4.74 Å². The van der Waals surface area contributed by atoms with Crippen LogP contribution in [-0.4, -0.2) is 5.84 Å². The Bertz CT molecular complexity index is 597. The third kappa shape index (κ3) is 3.40. The van der Waals surface area contributed by atoms with Gasteiger partial charge >= 0.3 is 0 Å². The number of hydrogen-bond donors (Lipinski definition) is 2. The molecule has 0 amide bonds. The lowest BCUT2D eigenvalue weighted by molar-refractivity contribution is 0.305. The Balaban J connectivity index is 2.18. The Morgan fingerprint density at radius 2 is 1.79 bits per heavy atom. The van der Waals surface area contributed by atoms with Gasteiger partial charge in [0.2, 0.25) is 0 Å². The highest BCUT2D eigenvalue weighted by molar-refractivity contribution is 6.34. The Kier molecular flexibility index (Phi) is 4.30. The first kappa shape index (κ1) is 13.7. The summed E-state index contributed by atoms with van der Waals surface area (Å²) >= 11 is 11.8. The molecule has 0 aliphatic rings. The molecule has 0 atom stereocenters. The zero-order valence-electron chi connectivity index (χ0n) is 9.99. The Morgan fingerprint density at radius 1 is 1.11 bits per heavy atom. The molecule has 5 heteroatoms. The van der Waals surface area contributed by atoms with Gasteiger partial charge in [0, 0.05) is 5.02 Å². The molecule has 0 saturated carbocycles. The molecule has 2 aromatic carbocycles. The van der Waals surface area contributed by atoms with Crippen molar-refractivity contribution in [3.63, 3.8) is 0 Å². The van der Waals surface area contributed by atoms with E-state index in [1.165, 1.54) is 0 Å². The maximum atomic E-state index is 7.52. The number of amidine groups is 1. The maximum absolute atomic E-state index is 7.52.